The van der Waals surface area contributed by atoms with Gasteiger partial charge in [-0.3, -0.25) is 0 Å². The third kappa shape index (κ3) is 3.60. The monoisotopic (exact) mass is 274 g/mol. The second-order valence-corrected chi connectivity index (χ2v) is 4.77. The van der Waals surface area contributed by atoms with Crippen LogP contribution in [0, 0.1) is 0 Å². The van der Waals surface area contributed by atoms with E-state index in [2.05, 4.69) is 0 Å². The van der Waals surface area contributed by atoms with Crippen molar-refractivity contribution in [3.05, 3.63) is 34.9 Å². The summed E-state index contributed by atoms with van der Waals surface area (Å²) in [5.41, 5.74) is 0.226. The maximum atomic E-state index is 11.6. The van der Waals surface area contributed by atoms with Crippen molar-refractivity contribution >= 4 is 29.2 Å². The van der Waals surface area contributed by atoms with E-state index < -0.39 is 0 Å². The maximum Gasteiger partial charge on any atom is 0.338 e. The number of rotatable bonds is 3. The van der Waals surface area contributed by atoms with Crippen molar-refractivity contribution in [2.24, 2.45) is 0 Å². The van der Waals surface area contributed by atoms with Crippen LogP contribution in [0.25, 0.3) is 0 Å². The molecule has 1 saturated heterocycles. The fourth-order valence-corrected chi connectivity index (χ4v) is 2.02. The highest BCUT2D eigenvalue weighted by molar-refractivity contribution is 6.30. The number of hydrogen-bond acceptors (Lipinski definition) is 3. The van der Waals surface area contributed by atoms with Gasteiger partial charge in [-0.15, -0.1) is 0 Å². The van der Waals surface area contributed by atoms with Gasteiger partial charge in [0.05, 0.1) is 11.7 Å². The van der Waals surface area contributed by atoms with Gasteiger partial charge in [-0.05, 0) is 37.1 Å². The molecule has 1 aliphatic rings. The first kappa shape index (κ1) is 12.7. The molecule has 0 saturated carbocycles. The van der Waals surface area contributed by atoms with Gasteiger partial charge in [0.25, 0.3) is 0 Å². The lowest BCUT2D eigenvalue weighted by Gasteiger charge is -2.10. The minimum absolute atomic E-state index is 0.0891. The Morgan fingerprint density at radius 1 is 1.35 bits per heavy atom. The zero-order chi connectivity index (χ0) is 12.3. The first-order valence-corrected chi connectivity index (χ1v) is 6.19. The van der Waals surface area contributed by atoms with Crippen molar-refractivity contribution in [2.45, 2.75) is 24.5 Å². The summed E-state index contributed by atoms with van der Waals surface area (Å²) in [7, 11) is 0. The van der Waals surface area contributed by atoms with Gasteiger partial charge in [0.15, 0.2) is 0 Å². The molecule has 5 heteroatoms. The molecule has 3 nitrogen and oxygen atoms in total. The van der Waals surface area contributed by atoms with E-state index in [4.69, 9.17) is 32.7 Å². The van der Waals surface area contributed by atoms with Gasteiger partial charge in [-0.25, -0.2) is 4.79 Å². The lowest BCUT2D eigenvalue weighted by molar-refractivity contribution is 0.00963. The van der Waals surface area contributed by atoms with Gasteiger partial charge in [0.2, 0.25) is 0 Å². The highest BCUT2D eigenvalue weighted by Gasteiger charge is 2.24. The van der Waals surface area contributed by atoms with Crippen molar-refractivity contribution in [3.8, 4) is 0 Å². The van der Waals surface area contributed by atoms with E-state index in [0.717, 1.165) is 12.8 Å². The third-order valence-electron chi connectivity index (χ3n) is 2.54. The lowest BCUT2D eigenvalue weighted by Crippen LogP contribution is -2.18. The summed E-state index contributed by atoms with van der Waals surface area (Å²) in [6.07, 6.45) is 1.53. The van der Waals surface area contributed by atoms with Crippen molar-refractivity contribution < 1.29 is 14.3 Å². The van der Waals surface area contributed by atoms with Gasteiger partial charge in [0, 0.05) is 5.02 Å². The van der Waals surface area contributed by atoms with Crippen LogP contribution in [0.2, 0.25) is 5.02 Å². The molecule has 0 N–H and O–H groups in total. The van der Waals surface area contributed by atoms with Crippen LogP contribution in [0.15, 0.2) is 24.3 Å². The molecule has 0 unspecified atom stereocenters. The largest absolute Gasteiger partial charge is 0.459 e. The van der Waals surface area contributed by atoms with Crippen molar-refractivity contribution in [3.63, 3.8) is 0 Å². The van der Waals surface area contributed by atoms with E-state index in [-0.39, 0.29) is 24.2 Å². The summed E-state index contributed by atoms with van der Waals surface area (Å²) in [4.78, 5) is 11.6. The minimum atomic E-state index is -0.372. The normalized spacial score (nSPS) is 23.6. The van der Waals surface area contributed by atoms with E-state index in [9.17, 15) is 4.79 Å². The molecule has 1 aromatic rings. The Morgan fingerprint density at radius 3 is 2.65 bits per heavy atom. The standard InChI is InChI=1S/C12H12Cl2O3/c13-9-3-1-8(2-4-9)12(15)16-7-10-5-6-11(14)17-10/h1-4,10-11H,5-7H2/t10-,11-/m0/s1. The molecular formula is C12H12Cl2O3. The third-order valence-corrected chi connectivity index (χ3v) is 3.11. The fourth-order valence-electron chi connectivity index (χ4n) is 1.62. The summed E-state index contributed by atoms with van der Waals surface area (Å²) in [5.74, 6) is -0.372. The second kappa shape index (κ2) is 5.71. The number of ether oxygens (including phenoxy) is 2. The first-order valence-electron chi connectivity index (χ1n) is 5.37. The first-order chi connectivity index (χ1) is 8.15. The van der Waals surface area contributed by atoms with Crippen molar-refractivity contribution in [1.82, 2.24) is 0 Å². The Kier molecular flexibility index (Phi) is 4.26. The van der Waals surface area contributed by atoms with E-state index in [1.54, 1.807) is 24.3 Å². The summed E-state index contributed by atoms with van der Waals surface area (Å²) >= 11 is 11.5. The van der Waals surface area contributed by atoms with Crippen LogP contribution < -0.4 is 0 Å². The smallest absolute Gasteiger partial charge is 0.338 e. The Morgan fingerprint density at radius 2 is 2.06 bits per heavy atom. The number of hydrogen-bond donors (Lipinski definition) is 0. The summed E-state index contributed by atoms with van der Waals surface area (Å²) in [6, 6.07) is 6.56. The molecule has 2 atom stereocenters. The summed E-state index contributed by atoms with van der Waals surface area (Å²) < 4.78 is 10.5. The number of carbonyl (C=O) groups is 1. The molecule has 1 aromatic carbocycles. The Bertz CT molecular complexity index is 391. The molecule has 1 aliphatic heterocycles. The van der Waals surface area contributed by atoms with E-state index in [0.29, 0.717) is 10.6 Å². The predicted molar refractivity (Wildman–Crippen MR) is 65.5 cm³/mol. The van der Waals surface area contributed by atoms with E-state index >= 15 is 0 Å². The number of halogens is 2. The average Bonchev–Trinajstić information content (AvgIpc) is 2.73. The maximum absolute atomic E-state index is 11.6. The molecule has 1 heterocycles. The van der Waals surface area contributed by atoms with Crippen LogP contribution >= 0.6 is 23.2 Å². The van der Waals surface area contributed by atoms with Gasteiger partial charge in [0.1, 0.15) is 12.2 Å². The lowest BCUT2D eigenvalue weighted by atomic mass is 10.2. The van der Waals surface area contributed by atoms with Crippen LogP contribution in [-0.2, 0) is 9.47 Å². The second-order valence-electron chi connectivity index (χ2n) is 3.85. The molecule has 0 amide bonds. The number of carbonyl (C=O) groups excluding carboxylic acids is 1. The topological polar surface area (TPSA) is 35.5 Å². The van der Waals surface area contributed by atoms with Crippen molar-refractivity contribution in [2.75, 3.05) is 6.61 Å². The average molecular weight is 275 g/mol. The zero-order valence-corrected chi connectivity index (χ0v) is 10.6. The number of benzene rings is 1. The molecule has 17 heavy (non-hydrogen) atoms. The molecule has 0 radical (unpaired) electrons. The van der Waals surface area contributed by atoms with E-state index in [1.807, 2.05) is 0 Å². The molecule has 2 rings (SSSR count). The van der Waals surface area contributed by atoms with E-state index in [1.165, 1.54) is 0 Å². The van der Waals surface area contributed by atoms with Gasteiger partial charge in [-0.2, -0.15) is 0 Å². The van der Waals surface area contributed by atoms with Gasteiger partial charge < -0.3 is 9.47 Å². The van der Waals surface area contributed by atoms with Crippen LogP contribution in [0.5, 0.6) is 0 Å². The Labute approximate surface area is 110 Å². The molecular weight excluding hydrogens is 263 g/mol. The molecule has 92 valence electrons. The minimum Gasteiger partial charge on any atom is -0.459 e. The molecule has 0 aliphatic carbocycles. The highest BCUT2D eigenvalue weighted by atomic mass is 35.5. The van der Waals surface area contributed by atoms with Crippen molar-refractivity contribution in [1.29, 1.82) is 0 Å². The molecule has 0 aromatic heterocycles. The fraction of sp³-hybridized carbons (Fsp3) is 0.417. The number of esters is 1. The predicted octanol–water partition coefficient (Wildman–Crippen LogP) is 3.24. The SMILES string of the molecule is O=C(OC[C@@H]1CC[C@@H](Cl)O1)c1ccc(Cl)cc1. The Hall–Kier alpha value is -0.770. The Balaban J connectivity index is 1.83. The zero-order valence-electron chi connectivity index (χ0n) is 9.07. The van der Waals surface area contributed by atoms with Crippen LogP contribution in [0.3, 0.4) is 0 Å². The van der Waals surface area contributed by atoms with Gasteiger partial charge in [-0.1, -0.05) is 23.2 Å². The summed E-state index contributed by atoms with van der Waals surface area (Å²) in [5, 5.41) is 0.589. The highest BCUT2D eigenvalue weighted by Crippen LogP contribution is 2.22. The van der Waals surface area contributed by atoms with Crippen LogP contribution in [-0.4, -0.2) is 24.2 Å². The molecule has 1 fully saturated rings. The van der Waals surface area contributed by atoms with Crippen LogP contribution in [0.4, 0.5) is 0 Å². The number of alkyl halides is 1. The van der Waals surface area contributed by atoms with Crippen LogP contribution in [0.1, 0.15) is 23.2 Å². The molecule has 0 bridgehead atoms. The summed E-state index contributed by atoms with van der Waals surface area (Å²) in [6.45, 7) is 0.241. The quantitative estimate of drug-likeness (QED) is 0.627. The molecule has 0 spiro atoms. The van der Waals surface area contributed by atoms with Gasteiger partial charge >= 0.3 is 5.97 Å².